The van der Waals surface area contributed by atoms with E-state index in [-0.39, 0.29) is 19.5 Å². The molecule has 1 aliphatic heterocycles. The zero-order chi connectivity index (χ0) is 21.8. The lowest BCUT2D eigenvalue weighted by atomic mass is 9.90. The summed E-state index contributed by atoms with van der Waals surface area (Å²) in [7, 11) is 0. The predicted molar refractivity (Wildman–Crippen MR) is 105 cm³/mol. The molecule has 1 unspecified atom stereocenters. The lowest BCUT2D eigenvalue weighted by Crippen LogP contribution is -2.69. The third-order valence-electron chi connectivity index (χ3n) is 6.06. The highest BCUT2D eigenvalue weighted by atomic mass is 16.5. The smallest absolute Gasteiger partial charge is 0.364 e. The van der Waals surface area contributed by atoms with Gasteiger partial charge in [-0.1, -0.05) is 25.7 Å². The number of likely N-dealkylation sites (tertiary alicyclic amines) is 1. The normalized spacial score (nSPS) is 26.1. The Morgan fingerprint density at radius 2 is 1.83 bits per heavy atom. The van der Waals surface area contributed by atoms with E-state index < -0.39 is 39.8 Å². The van der Waals surface area contributed by atoms with E-state index in [0.717, 1.165) is 25.7 Å². The van der Waals surface area contributed by atoms with Gasteiger partial charge in [0.25, 0.3) is 5.91 Å². The standard InChI is InChI=1S/C20H34N4O5/c1-20(2,3)22-19(28)24(10-6-9-16(24)17(21)26)18(27)15(12-23(29)13-25)11-14-7-4-5-8-14/h13-16,29H,4-12H2,1-3H3,(H2-,21,22,26,28)/p+1/t15-,16+,24?/m1/s1. The first-order valence-corrected chi connectivity index (χ1v) is 10.5. The molecule has 0 aromatic rings. The molecule has 0 spiro atoms. The number of nitrogens with two attached hydrogens (primary N) is 1. The van der Waals surface area contributed by atoms with Crippen LogP contribution in [0.3, 0.4) is 0 Å². The molecule has 0 aromatic heterocycles. The summed E-state index contributed by atoms with van der Waals surface area (Å²) in [6.45, 7) is 5.40. The Bertz CT molecular complexity index is 641. The molecule has 0 bridgehead atoms. The number of hydrogen-bond acceptors (Lipinski definition) is 5. The van der Waals surface area contributed by atoms with Gasteiger partial charge in [0.1, 0.15) is 0 Å². The largest absolute Gasteiger partial charge is 0.425 e. The van der Waals surface area contributed by atoms with E-state index in [1.807, 2.05) is 0 Å². The van der Waals surface area contributed by atoms with Gasteiger partial charge in [-0.05, 0) is 33.1 Å². The van der Waals surface area contributed by atoms with Gasteiger partial charge >= 0.3 is 11.9 Å². The average Bonchev–Trinajstić information content (AvgIpc) is 3.28. The Kier molecular flexibility index (Phi) is 7.40. The van der Waals surface area contributed by atoms with Gasteiger partial charge in [0, 0.05) is 18.4 Å². The fourth-order valence-electron chi connectivity index (χ4n) is 4.79. The number of primary amides is 1. The molecular weight excluding hydrogens is 376 g/mol. The zero-order valence-electron chi connectivity index (χ0n) is 17.7. The summed E-state index contributed by atoms with van der Waals surface area (Å²) >= 11 is 0. The number of nitrogens with zero attached hydrogens (tertiary/aromatic N) is 2. The van der Waals surface area contributed by atoms with E-state index in [1.54, 1.807) is 20.8 Å². The van der Waals surface area contributed by atoms with Crippen molar-refractivity contribution in [3.63, 3.8) is 0 Å². The van der Waals surface area contributed by atoms with Crippen molar-refractivity contribution in [3.05, 3.63) is 0 Å². The monoisotopic (exact) mass is 411 g/mol. The summed E-state index contributed by atoms with van der Waals surface area (Å²) in [5.74, 6) is -1.58. The number of carbonyl (C=O) groups is 4. The molecule has 4 N–H and O–H groups in total. The molecule has 1 heterocycles. The summed E-state index contributed by atoms with van der Waals surface area (Å²) in [4.78, 5) is 50.3. The molecule has 3 atom stereocenters. The van der Waals surface area contributed by atoms with Crippen LogP contribution in [0.4, 0.5) is 4.79 Å². The van der Waals surface area contributed by atoms with Gasteiger partial charge in [0.15, 0.2) is 6.04 Å². The fourth-order valence-corrected chi connectivity index (χ4v) is 4.79. The molecule has 29 heavy (non-hydrogen) atoms. The van der Waals surface area contributed by atoms with Crippen molar-refractivity contribution in [2.45, 2.75) is 77.3 Å². The second kappa shape index (κ2) is 9.21. The average molecular weight is 412 g/mol. The Morgan fingerprint density at radius 3 is 2.34 bits per heavy atom. The van der Waals surface area contributed by atoms with Gasteiger partial charge in [0.05, 0.1) is 19.0 Å². The van der Waals surface area contributed by atoms with Gasteiger partial charge in [-0.15, -0.1) is 0 Å². The van der Waals surface area contributed by atoms with Crippen LogP contribution in [-0.2, 0) is 14.4 Å². The number of hydroxylamine groups is 2. The highest BCUT2D eigenvalue weighted by Crippen LogP contribution is 2.36. The van der Waals surface area contributed by atoms with Crippen molar-refractivity contribution in [1.29, 1.82) is 0 Å². The van der Waals surface area contributed by atoms with Crippen molar-refractivity contribution >= 4 is 24.3 Å². The molecular formula is C20H35N4O5+. The lowest BCUT2D eigenvalue weighted by Gasteiger charge is -2.38. The minimum atomic E-state index is -0.945. The van der Waals surface area contributed by atoms with Crippen LogP contribution >= 0.6 is 0 Å². The van der Waals surface area contributed by atoms with Crippen LogP contribution in [0, 0.1) is 11.8 Å². The highest BCUT2D eigenvalue weighted by molar-refractivity contribution is 5.91. The topological polar surface area (TPSA) is 130 Å². The number of rotatable bonds is 7. The van der Waals surface area contributed by atoms with Gasteiger partial charge in [-0.3, -0.25) is 14.8 Å². The fraction of sp³-hybridized carbons (Fsp3) is 0.800. The first-order valence-electron chi connectivity index (χ1n) is 10.5. The molecule has 164 valence electrons. The Morgan fingerprint density at radius 1 is 1.21 bits per heavy atom. The molecule has 5 amide bonds. The quantitative estimate of drug-likeness (QED) is 0.253. The molecule has 0 radical (unpaired) electrons. The maximum atomic E-state index is 13.8. The second-order valence-corrected chi connectivity index (χ2v) is 9.48. The van der Waals surface area contributed by atoms with Crippen molar-refractivity contribution in [1.82, 2.24) is 10.4 Å². The minimum absolute atomic E-state index is 0.183. The molecule has 9 nitrogen and oxygen atoms in total. The van der Waals surface area contributed by atoms with E-state index >= 15 is 0 Å². The number of carbonyl (C=O) groups excluding carboxylic acids is 4. The molecule has 9 heteroatoms. The molecule has 1 saturated carbocycles. The van der Waals surface area contributed by atoms with Crippen LogP contribution < -0.4 is 11.1 Å². The van der Waals surface area contributed by atoms with Gasteiger partial charge < -0.3 is 11.1 Å². The predicted octanol–water partition coefficient (Wildman–Crippen LogP) is 1.53. The third kappa shape index (κ3) is 5.33. The summed E-state index contributed by atoms with van der Waals surface area (Å²) in [6.07, 6.45) is 5.71. The van der Waals surface area contributed by atoms with E-state index in [4.69, 9.17) is 5.73 Å². The SMILES string of the molecule is CC(C)(C)NC(=O)[N+]1(C(=O)[C@H](CC2CCCC2)CN(O)C=O)CCC[C@H]1C(N)=O. The molecule has 2 aliphatic rings. The van der Waals surface area contributed by atoms with Crippen molar-refractivity contribution in [2.24, 2.45) is 17.6 Å². The Labute approximate surface area is 172 Å². The Hall–Kier alpha value is -2.00. The maximum absolute atomic E-state index is 13.8. The number of hydrogen-bond donors (Lipinski definition) is 3. The van der Waals surface area contributed by atoms with E-state index in [1.165, 1.54) is 0 Å². The van der Waals surface area contributed by atoms with E-state index in [0.29, 0.717) is 30.2 Å². The van der Waals surface area contributed by atoms with Crippen molar-refractivity contribution in [3.8, 4) is 0 Å². The highest BCUT2D eigenvalue weighted by Gasteiger charge is 2.59. The second-order valence-electron chi connectivity index (χ2n) is 9.48. The third-order valence-corrected chi connectivity index (χ3v) is 6.06. The minimum Gasteiger partial charge on any atom is -0.364 e. The zero-order valence-corrected chi connectivity index (χ0v) is 17.7. The molecule has 0 aromatic carbocycles. The summed E-state index contributed by atoms with van der Waals surface area (Å²) in [5, 5.41) is 13.1. The van der Waals surface area contributed by atoms with Crippen LogP contribution in [0.2, 0.25) is 0 Å². The molecule has 1 saturated heterocycles. The summed E-state index contributed by atoms with van der Waals surface area (Å²) in [5.41, 5.74) is 5.00. The van der Waals surface area contributed by atoms with Crippen molar-refractivity contribution in [2.75, 3.05) is 13.1 Å². The number of quaternary nitrogens is 1. The van der Waals surface area contributed by atoms with Gasteiger partial charge in [-0.25, -0.2) is 14.7 Å². The van der Waals surface area contributed by atoms with Gasteiger partial charge in [-0.2, -0.15) is 4.48 Å². The van der Waals surface area contributed by atoms with Gasteiger partial charge in [0.2, 0.25) is 6.41 Å². The number of imide groups is 1. The number of nitrogens with one attached hydrogen (secondary N) is 1. The van der Waals surface area contributed by atoms with Crippen LogP contribution in [0.5, 0.6) is 0 Å². The maximum Gasteiger partial charge on any atom is 0.425 e. The van der Waals surface area contributed by atoms with Crippen LogP contribution in [0.15, 0.2) is 0 Å². The first-order chi connectivity index (χ1) is 13.5. The lowest BCUT2D eigenvalue weighted by molar-refractivity contribution is -0.779. The van der Waals surface area contributed by atoms with Crippen molar-refractivity contribution < 1.29 is 28.9 Å². The van der Waals surface area contributed by atoms with Crippen LogP contribution in [0.25, 0.3) is 0 Å². The number of amides is 5. The molecule has 2 rings (SSSR count). The first kappa shape index (κ1) is 23.3. The van der Waals surface area contributed by atoms with E-state index in [9.17, 15) is 24.4 Å². The summed E-state index contributed by atoms with van der Waals surface area (Å²) < 4.78 is -0.684. The van der Waals surface area contributed by atoms with E-state index in [2.05, 4.69) is 5.32 Å². The number of urea groups is 1. The van der Waals surface area contributed by atoms with Crippen LogP contribution in [-0.4, -0.2) is 63.7 Å². The summed E-state index contributed by atoms with van der Waals surface area (Å²) in [6, 6.07) is -1.49. The molecule has 2 fully saturated rings. The molecule has 1 aliphatic carbocycles. The van der Waals surface area contributed by atoms with Crippen LogP contribution in [0.1, 0.15) is 65.7 Å². The Balaban J connectivity index is 2.41.